The number of amides is 2. The number of benzene rings is 1. The van der Waals surface area contributed by atoms with Gasteiger partial charge in [0.25, 0.3) is 0 Å². The van der Waals surface area contributed by atoms with Gasteiger partial charge in [0.15, 0.2) is 0 Å². The van der Waals surface area contributed by atoms with Crippen LogP contribution >= 0.6 is 0 Å². The first-order chi connectivity index (χ1) is 13.6. The van der Waals surface area contributed by atoms with Crippen LogP contribution in [0, 0.1) is 0 Å². The van der Waals surface area contributed by atoms with Crippen LogP contribution in [-0.2, 0) is 6.54 Å². The molecule has 1 aromatic carbocycles. The zero-order chi connectivity index (χ0) is 19.5. The fourth-order valence-electron chi connectivity index (χ4n) is 3.91. The second-order valence-electron chi connectivity index (χ2n) is 7.67. The number of nitrogens with zero attached hydrogens (tertiary/aromatic N) is 5. The average Bonchev–Trinajstić information content (AvgIpc) is 3.34. The smallest absolute Gasteiger partial charge is 0.317 e. The summed E-state index contributed by atoms with van der Waals surface area (Å²) in [7, 11) is 2.11. The van der Waals surface area contributed by atoms with E-state index in [0.29, 0.717) is 19.6 Å². The lowest BCUT2D eigenvalue weighted by molar-refractivity contribution is 0.0512. The number of hydrogen-bond acceptors (Lipinski definition) is 5. The Morgan fingerprint density at radius 1 is 1.18 bits per heavy atom. The van der Waals surface area contributed by atoms with Gasteiger partial charge in [-0.2, -0.15) is 5.10 Å². The van der Waals surface area contributed by atoms with E-state index in [-0.39, 0.29) is 12.1 Å². The van der Waals surface area contributed by atoms with Gasteiger partial charge in [-0.05, 0) is 19.2 Å². The number of carbonyl (C=O) groups is 1. The number of likely N-dealkylation sites (N-methyl/N-ethyl adjacent to an activating group) is 1. The molecule has 4 rings (SSSR count). The van der Waals surface area contributed by atoms with Gasteiger partial charge in [0.05, 0.1) is 24.0 Å². The normalized spacial score (nSPS) is 23.9. The number of piperazine rings is 1. The lowest BCUT2D eigenvalue weighted by atomic mass is 10.1. The maximum Gasteiger partial charge on any atom is 0.317 e. The first-order valence-electron chi connectivity index (χ1n) is 9.82. The molecular formula is C20H28N6O2. The Morgan fingerprint density at radius 2 is 1.93 bits per heavy atom. The van der Waals surface area contributed by atoms with E-state index < -0.39 is 6.10 Å². The van der Waals surface area contributed by atoms with Crippen LogP contribution in [0.3, 0.4) is 0 Å². The maximum absolute atomic E-state index is 12.6. The van der Waals surface area contributed by atoms with E-state index in [4.69, 9.17) is 0 Å². The van der Waals surface area contributed by atoms with Gasteiger partial charge in [-0.15, -0.1) is 0 Å². The highest BCUT2D eigenvalue weighted by molar-refractivity contribution is 5.74. The molecule has 2 aromatic rings. The van der Waals surface area contributed by atoms with Gasteiger partial charge >= 0.3 is 6.03 Å². The predicted octanol–water partition coefficient (Wildman–Crippen LogP) is 0.374. The number of aliphatic hydroxyl groups excluding tert-OH is 1. The van der Waals surface area contributed by atoms with Crippen molar-refractivity contribution in [3.05, 3.63) is 48.3 Å². The minimum absolute atomic E-state index is 0.0280. The number of hydrogen-bond donors (Lipinski definition) is 2. The molecule has 150 valence electrons. The number of β-amino-alcohol motifs (C(OH)–C–C–N with tert-alkyl or cyclic N) is 1. The molecule has 2 aliphatic heterocycles. The van der Waals surface area contributed by atoms with Gasteiger partial charge in [-0.25, -0.2) is 9.48 Å². The van der Waals surface area contributed by atoms with Crippen LogP contribution in [0.2, 0.25) is 0 Å². The summed E-state index contributed by atoms with van der Waals surface area (Å²) in [5.41, 5.74) is 1.92. The molecule has 3 heterocycles. The summed E-state index contributed by atoms with van der Waals surface area (Å²) in [6.45, 7) is 5.24. The van der Waals surface area contributed by atoms with E-state index in [1.54, 1.807) is 15.8 Å². The Kier molecular flexibility index (Phi) is 5.61. The Labute approximate surface area is 165 Å². The van der Waals surface area contributed by atoms with Gasteiger partial charge in [0.1, 0.15) is 0 Å². The molecule has 2 atom stereocenters. The van der Waals surface area contributed by atoms with Crippen LogP contribution in [-0.4, -0.2) is 94.1 Å². The summed E-state index contributed by atoms with van der Waals surface area (Å²) in [5.74, 6) is 0. The number of likely N-dealkylation sites (tertiary alicyclic amines) is 1. The molecule has 2 amide bonds. The maximum atomic E-state index is 12.6. The van der Waals surface area contributed by atoms with Crippen molar-refractivity contribution in [3.8, 4) is 5.69 Å². The Morgan fingerprint density at radius 3 is 2.68 bits per heavy atom. The van der Waals surface area contributed by atoms with Crippen LogP contribution in [0.4, 0.5) is 4.79 Å². The van der Waals surface area contributed by atoms with Crippen LogP contribution in [0.15, 0.2) is 42.7 Å². The molecule has 0 spiro atoms. The molecule has 0 bridgehead atoms. The molecule has 0 radical (unpaired) electrons. The second kappa shape index (κ2) is 8.30. The number of aliphatic hydroxyl groups is 1. The molecule has 0 saturated carbocycles. The molecule has 2 saturated heterocycles. The van der Waals surface area contributed by atoms with Crippen molar-refractivity contribution in [1.29, 1.82) is 0 Å². The SMILES string of the molecule is CN1CCN([C@H]2CN(C(=O)NCc3cnn(-c4ccccc4)c3)C[C@@H]2O)CC1. The molecular weight excluding hydrogens is 356 g/mol. The van der Waals surface area contributed by atoms with Crippen molar-refractivity contribution >= 4 is 6.03 Å². The number of urea groups is 1. The molecule has 2 aliphatic rings. The minimum atomic E-state index is -0.491. The summed E-state index contributed by atoms with van der Waals surface area (Å²) in [6, 6.07) is 9.76. The van der Waals surface area contributed by atoms with E-state index in [2.05, 4.69) is 27.3 Å². The van der Waals surface area contributed by atoms with Crippen LogP contribution in [0.1, 0.15) is 5.56 Å². The highest BCUT2D eigenvalue weighted by atomic mass is 16.3. The average molecular weight is 384 g/mol. The number of nitrogens with one attached hydrogen (secondary N) is 1. The summed E-state index contributed by atoms with van der Waals surface area (Å²) in [4.78, 5) is 18.9. The third-order valence-corrected chi connectivity index (χ3v) is 5.65. The summed E-state index contributed by atoms with van der Waals surface area (Å²) in [5, 5.41) is 17.8. The molecule has 28 heavy (non-hydrogen) atoms. The zero-order valence-electron chi connectivity index (χ0n) is 16.2. The number of carbonyl (C=O) groups excluding carboxylic acids is 1. The second-order valence-corrected chi connectivity index (χ2v) is 7.67. The first kappa shape index (κ1) is 18.9. The Bertz CT molecular complexity index is 787. The van der Waals surface area contributed by atoms with Crippen LogP contribution in [0.5, 0.6) is 0 Å². The zero-order valence-corrected chi connectivity index (χ0v) is 16.2. The summed E-state index contributed by atoms with van der Waals surface area (Å²) >= 11 is 0. The van der Waals surface area contributed by atoms with E-state index in [1.165, 1.54) is 0 Å². The number of rotatable bonds is 4. The minimum Gasteiger partial charge on any atom is -0.390 e. The number of para-hydroxylation sites is 1. The van der Waals surface area contributed by atoms with Crippen LogP contribution in [0.25, 0.3) is 5.69 Å². The van der Waals surface area contributed by atoms with E-state index in [0.717, 1.165) is 37.4 Å². The molecule has 8 nitrogen and oxygen atoms in total. The standard InChI is InChI=1S/C20H28N6O2/c1-23-7-9-24(10-8-23)18-14-25(15-19(18)27)20(28)21-11-16-12-22-26(13-16)17-5-3-2-4-6-17/h2-6,12-13,18-19,27H,7-11,14-15H2,1H3,(H,21,28)/t18-,19-/m0/s1. The quantitative estimate of drug-likeness (QED) is 0.797. The van der Waals surface area contributed by atoms with E-state index >= 15 is 0 Å². The van der Waals surface area contributed by atoms with Crippen molar-refractivity contribution in [3.63, 3.8) is 0 Å². The van der Waals surface area contributed by atoms with Crippen molar-refractivity contribution in [1.82, 2.24) is 29.8 Å². The van der Waals surface area contributed by atoms with E-state index in [1.807, 2.05) is 36.5 Å². The van der Waals surface area contributed by atoms with Gasteiger partial charge in [-0.3, -0.25) is 4.90 Å². The van der Waals surface area contributed by atoms with Gasteiger partial charge in [0, 0.05) is 57.6 Å². The Hall–Kier alpha value is -2.42. The molecule has 0 aliphatic carbocycles. The summed E-state index contributed by atoms with van der Waals surface area (Å²) < 4.78 is 1.80. The fraction of sp³-hybridized carbons (Fsp3) is 0.500. The third kappa shape index (κ3) is 4.19. The highest BCUT2D eigenvalue weighted by Gasteiger charge is 2.38. The van der Waals surface area contributed by atoms with Crippen molar-refractivity contribution in [2.24, 2.45) is 0 Å². The lowest BCUT2D eigenvalue weighted by Crippen LogP contribution is -2.52. The van der Waals surface area contributed by atoms with Crippen molar-refractivity contribution in [2.45, 2.75) is 18.7 Å². The van der Waals surface area contributed by atoms with Gasteiger partial charge in [0.2, 0.25) is 0 Å². The molecule has 1 aromatic heterocycles. The number of aromatic nitrogens is 2. The fourth-order valence-corrected chi connectivity index (χ4v) is 3.91. The van der Waals surface area contributed by atoms with Gasteiger partial charge in [-0.1, -0.05) is 18.2 Å². The first-order valence-corrected chi connectivity index (χ1v) is 9.82. The lowest BCUT2D eigenvalue weighted by Gasteiger charge is -2.37. The third-order valence-electron chi connectivity index (χ3n) is 5.65. The van der Waals surface area contributed by atoms with E-state index in [9.17, 15) is 9.90 Å². The topological polar surface area (TPSA) is 76.9 Å². The highest BCUT2D eigenvalue weighted by Crippen LogP contribution is 2.18. The van der Waals surface area contributed by atoms with Crippen molar-refractivity contribution in [2.75, 3.05) is 46.3 Å². The largest absolute Gasteiger partial charge is 0.390 e. The van der Waals surface area contributed by atoms with Crippen molar-refractivity contribution < 1.29 is 9.90 Å². The molecule has 2 N–H and O–H groups in total. The molecule has 8 heteroatoms. The Balaban J connectivity index is 1.29. The summed E-state index contributed by atoms with van der Waals surface area (Å²) in [6.07, 6.45) is 3.19. The molecule has 2 fully saturated rings. The van der Waals surface area contributed by atoms with Crippen LogP contribution < -0.4 is 5.32 Å². The van der Waals surface area contributed by atoms with Gasteiger partial charge < -0.3 is 20.2 Å². The predicted molar refractivity (Wildman–Crippen MR) is 106 cm³/mol. The molecule has 0 unspecified atom stereocenters. The monoisotopic (exact) mass is 384 g/mol.